The normalized spacial score (nSPS) is 10.7. The number of hydrogen-bond acceptors (Lipinski definition) is 5. The van der Waals surface area contributed by atoms with Crippen molar-refractivity contribution in [2.75, 3.05) is 5.32 Å². The summed E-state index contributed by atoms with van der Waals surface area (Å²) in [6, 6.07) is 30.3. The zero-order valence-corrected chi connectivity index (χ0v) is 21.3. The third kappa shape index (κ3) is 5.71. The van der Waals surface area contributed by atoms with Crippen LogP contribution in [0.1, 0.15) is 15.9 Å². The van der Waals surface area contributed by atoms with E-state index in [0.717, 1.165) is 26.4 Å². The van der Waals surface area contributed by atoms with E-state index in [9.17, 15) is 4.79 Å². The van der Waals surface area contributed by atoms with E-state index in [1.54, 1.807) is 35.6 Å². The number of carbonyl (C=O) groups is 1. The summed E-state index contributed by atoms with van der Waals surface area (Å²) < 4.78 is 6.92. The number of carbonyl (C=O) groups excluding carboxylic acids is 1. The van der Waals surface area contributed by atoms with Gasteiger partial charge < -0.3 is 10.1 Å². The Balaban J connectivity index is 1.21. The van der Waals surface area contributed by atoms with E-state index in [4.69, 9.17) is 28.6 Å². The number of halogens is 1. The number of thiocarbonyl (C=S) groups is 1. The highest BCUT2D eigenvalue weighted by atomic mass is 35.5. The molecule has 0 aliphatic heterocycles. The minimum atomic E-state index is -0.338. The fraction of sp³-hybridized carbons (Fsp3) is 0.0357. The van der Waals surface area contributed by atoms with Crippen LogP contribution in [0.3, 0.4) is 0 Å². The highest BCUT2D eigenvalue weighted by Gasteiger charge is 2.13. The Morgan fingerprint density at radius 2 is 1.75 bits per heavy atom. The van der Waals surface area contributed by atoms with Crippen molar-refractivity contribution in [1.82, 2.24) is 10.3 Å². The summed E-state index contributed by atoms with van der Waals surface area (Å²) in [6.07, 6.45) is 0. The van der Waals surface area contributed by atoms with E-state index in [2.05, 4.69) is 15.6 Å². The molecule has 178 valence electrons. The van der Waals surface area contributed by atoms with Crippen LogP contribution in [0.15, 0.2) is 97.1 Å². The van der Waals surface area contributed by atoms with Gasteiger partial charge in [0.25, 0.3) is 5.91 Å². The van der Waals surface area contributed by atoms with Crippen molar-refractivity contribution in [3.8, 4) is 16.3 Å². The maximum atomic E-state index is 12.7. The van der Waals surface area contributed by atoms with Gasteiger partial charge in [-0.1, -0.05) is 60.1 Å². The van der Waals surface area contributed by atoms with Crippen molar-refractivity contribution >= 4 is 62.1 Å². The number of fused-ring (bicyclic) bond motifs is 1. The molecule has 36 heavy (non-hydrogen) atoms. The molecule has 5 aromatic rings. The Bertz CT molecular complexity index is 1520. The molecular weight excluding hydrogens is 510 g/mol. The molecule has 4 aromatic carbocycles. The molecule has 0 atom stereocenters. The molecule has 0 fully saturated rings. The van der Waals surface area contributed by atoms with Crippen molar-refractivity contribution in [3.05, 3.63) is 113 Å². The first kappa shape index (κ1) is 23.9. The number of nitrogens with one attached hydrogen (secondary N) is 2. The standard InChI is InChI=1S/C28H20ClN3O2S2/c29-23-16-20(13-14-22(23)27-31-24-11-4-5-12-25(24)36-27)30-28(35)32-26(33)19-9-6-10-21(15-19)34-17-18-7-2-1-3-8-18/h1-16H,17H2,(H2,30,32,33,35). The molecule has 0 aliphatic carbocycles. The quantitative estimate of drug-likeness (QED) is 0.226. The van der Waals surface area contributed by atoms with Crippen LogP contribution in [0, 0.1) is 0 Å². The molecule has 0 spiro atoms. The molecule has 0 saturated heterocycles. The summed E-state index contributed by atoms with van der Waals surface area (Å²) in [5, 5.41) is 7.27. The Labute approximate surface area is 222 Å². The van der Waals surface area contributed by atoms with Gasteiger partial charge in [-0.3, -0.25) is 10.1 Å². The smallest absolute Gasteiger partial charge is 0.257 e. The fourth-order valence-electron chi connectivity index (χ4n) is 3.56. The van der Waals surface area contributed by atoms with Gasteiger partial charge in [0.05, 0.1) is 15.2 Å². The maximum absolute atomic E-state index is 12.7. The summed E-state index contributed by atoms with van der Waals surface area (Å²) in [6.45, 7) is 0.416. The first-order valence-corrected chi connectivity index (χ1v) is 12.7. The van der Waals surface area contributed by atoms with Gasteiger partial charge in [0.2, 0.25) is 0 Å². The average Bonchev–Trinajstić information content (AvgIpc) is 3.32. The Morgan fingerprint density at radius 1 is 0.944 bits per heavy atom. The lowest BCUT2D eigenvalue weighted by atomic mass is 10.2. The number of nitrogens with zero attached hydrogens (tertiary/aromatic N) is 1. The van der Waals surface area contributed by atoms with E-state index >= 15 is 0 Å². The molecule has 0 unspecified atom stereocenters. The zero-order valence-electron chi connectivity index (χ0n) is 18.9. The number of rotatable bonds is 6. The molecule has 0 aliphatic rings. The van der Waals surface area contributed by atoms with Gasteiger partial charge in [0.15, 0.2) is 5.11 Å². The number of para-hydroxylation sites is 1. The Kier molecular flexibility index (Phi) is 7.23. The van der Waals surface area contributed by atoms with Gasteiger partial charge in [-0.2, -0.15) is 0 Å². The molecule has 0 radical (unpaired) electrons. The molecule has 1 heterocycles. The summed E-state index contributed by atoms with van der Waals surface area (Å²) in [5.74, 6) is 0.262. The van der Waals surface area contributed by atoms with Gasteiger partial charge in [0, 0.05) is 16.8 Å². The topological polar surface area (TPSA) is 63.2 Å². The van der Waals surface area contributed by atoms with Gasteiger partial charge in [0.1, 0.15) is 17.4 Å². The minimum absolute atomic E-state index is 0.166. The number of amides is 1. The maximum Gasteiger partial charge on any atom is 0.257 e. The lowest BCUT2D eigenvalue weighted by Crippen LogP contribution is -2.34. The molecule has 5 nitrogen and oxygen atoms in total. The second-order valence-corrected chi connectivity index (χ2v) is 9.74. The number of hydrogen-bond donors (Lipinski definition) is 2. The number of thiazole rings is 1. The van der Waals surface area contributed by atoms with Crippen molar-refractivity contribution in [2.45, 2.75) is 6.61 Å². The van der Waals surface area contributed by atoms with Crippen molar-refractivity contribution in [1.29, 1.82) is 0 Å². The van der Waals surface area contributed by atoms with Crippen LogP contribution >= 0.6 is 35.2 Å². The van der Waals surface area contributed by atoms with Crippen molar-refractivity contribution in [2.24, 2.45) is 0 Å². The second kappa shape index (κ2) is 10.9. The lowest BCUT2D eigenvalue weighted by Gasteiger charge is -2.12. The molecular formula is C28H20ClN3O2S2. The SMILES string of the molecule is O=C(NC(=S)Nc1ccc(-c2nc3ccccc3s2)c(Cl)c1)c1cccc(OCc2ccccc2)c1. The van der Waals surface area contributed by atoms with Crippen LogP contribution in [0.4, 0.5) is 5.69 Å². The molecule has 1 aromatic heterocycles. The molecule has 2 N–H and O–H groups in total. The van der Waals surface area contributed by atoms with Gasteiger partial charge in [-0.25, -0.2) is 4.98 Å². The summed E-state index contributed by atoms with van der Waals surface area (Å²) in [5.41, 5.74) is 3.93. The molecule has 1 amide bonds. The Morgan fingerprint density at radius 3 is 2.56 bits per heavy atom. The minimum Gasteiger partial charge on any atom is -0.489 e. The van der Waals surface area contributed by atoms with Crippen molar-refractivity contribution < 1.29 is 9.53 Å². The van der Waals surface area contributed by atoms with E-state index in [1.807, 2.05) is 72.8 Å². The third-order valence-electron chi connectivity index (χ3n) is 5.32. The van der Waals surface area contributed by atoms with E-state index in [-0.39, 0.29) is 11.0 Å². The lowest BCUT2D eigenvalue weighted by molar-refractivity contribution is 0.0977. The van der Waals surface area contributed by atoms with Gasteiger partial charge in [-0.15, -0.1) is 11.3 Å². The first-order chi connectivity index (χ1) is 17.5. The average molecular weight is 530 g/mol. The van der Waals surface area contributed by atoms with Crippen LogP contribution in [-0.2, 0) is 6.61 Å². The molecule has 0 bridgehead atoms. The predicted molar refractivity (Wildman–Crippen MR) is 151 cm³/mol. The largest absolute Gasteiger partial charge is 0.489 e. The molecule has 5 rings (SSSR count). The van der Waals surface area contributed by atoms with Crippen LogP contribution < -0.4 is 15.4 Å². The van der Waals surface area contributed by atoms with Gasteiger partial charge in [-0.05, 0) is 66.3 Å². The number of ether oxygens (including phenoxy) is 1. The van der Waals surface area contributed by atoms with E-state index < -0.39 is 0 Å². The number of anilines is 1. The highest BCUT2D eigenvalue weighted by molar-refractivity contribution is 7.80. The van der Waals surface area contributed by atoms with E-state index in [1.165, 1.54) is 0 Å². The van der Waals surface area contributed by atoms with Crippen LogP contribution in [0.5, 0.6) is 5.75 Å². The first-order valence-electron chi connectivity index (χ1n) is 11.1. The number of aromatic nitrogens is 1. The third-order valence-corrected chi connectivity index (χ3v) is 6.91. The van der Waals surface area contributed by atoms with Gasteiger partial charge >= 0.3 is 0 Å². The summed E-state index contributed by atoms with van der Waals surface area (Å²) >= 11 is 13.5. The second-order valence-electron chi connectivity index (χ2n) is 7.89. The monoisotopic (exact) mass is 529 g/mol. The summed E-state index contributed by atoms with van der Waals surface area (Å²) in [7, 11) is 0. The Hall–Kier alpha value is -3.78. The zero-order chi connectivity index (χ0) is 24.9. The van der Waals surface area contributed by atoms with Crippen LogP contribution in [-0.4, -0.2) is 16.0 Å². The number of benzene rings is 4. The summed E-state index contributed by atoms with van der Waals surface area (Å²) in [4.78, 5) is 17.4. The van der Waals surface area contributed by atoms with Crippen LogP contribution in [0.2, 0.25) is 5.02 Å². The van der Waals surface area contributed by atoms with Crippen LogP contribution in [0.25, 0.3) is 20.8 Å². The molecule has 8 heteroatoms. The highest BCUT2D eigenvalue weighted by Crippen LogP contribution is 2.35. The molecule has 0 saturated carbocycles. The fourth-order valence-corrected chi connectivity index (χ4v) is 5.10. The van der Waals surface area contributed by atoms with Crippen molar-refractivity contribution in [3.63, 3.8) is 0 Å². The predicted octanol–water partition coefficient (Wildman–Crippen LogP) is 7.32. The van der Waals surface area contributed by atoms with E-state index in [0.29, 0.717) is 28.6 Å².